The molecule has 1 N–H and O–H groups in total. The number of aryl methyl sites for hydroxylation is 1. The molecule has 0 fully saturated rings. The van der Waals surface area contributed by atoms with Crippen LogP contribution in [0.5, 0.6) is 5.75 Å². The molecular formula is C24H30N2O3. The first kappa shape index (κ1) is 20.9. The summed E-state index contributed by atoms with van der Waals surface area (Å²) in [5, 5.41) is 2.94. The van der Waals surface area contributed by atoms with Crippen LogP contribution in [0.15, 0.2) is 42.5 Å². The van der Waals surface area contributed by atoms with Crippen molar-refractivity contribution in [3.63, 3.8) is 0 Å². The standard InChI is InChI=1S/C24H30N2O3/c1-16(2)11-12-26-20-14-19(25-22(27)18-8-6-7-17(3)13-18)9-10-21(20)29-15-24(4,5)23(26)28/h6-10,13-14,16H,11-12,15H2,1-5H3,(H,25,27). The van der Waals surface area contributed by atoms with Gasteiger partial charge in [0.15, 0.2) is 0 Å². The molecule has 1 aliphatic rings. The maximum Gasteiger partial charge on any atom is 0.255 e. The SMILES string of the molecule is Cc1cccc(C(=O)Nc2ccc3c(c2)N(CCC(C)C)C(=O)C(C)(C)CO3)c1. The number of fused-ring (bicyclic) bond motifs is 1. The molecule has 0 saturated heterocycles. The first-order valence-electron chi connectivity index (χ1n) is 10.1. The molecule has 0 aliphatic carbocycles. The first-order valence-corrected chi connectivity index (χ1v) is 10.1. The third-order valence-corrected chi connectivity index (χ3v) is 5.13. The zero-order valence-corrected chi connectivity index (χ0v) is 17.9. The van der Waals surface area contributed by atoms with E-state index >= 15 is 0 Å². The first-order chi connectivity index (χ1) is 13.7. The molecule has 154 valence electrons. The van der Waals surface area contributed by atoms with Crippen molar-refractivity contribution in [2.45, 2.75) is 41.0 Å². The molecule has 0 atom stereocenters. The molecular weight excluding hydrogens is 364 g/mol. The van der Waals surface area contributed by atoms with Gasteiger partial charge in [0.25, 0.3) is 5.91 Å². The van der Waals surface area contributed by atoms with Gasteiger partial charge in [-0.3, -0.25) is 9.59 Å². The van der Waals surface area contributed by atoms with Gasteiger partial charge in [0.1, 0.15) is 12.4 Å². The Morgan fingerprint density at radius 2 is 1.97 bits per heavy atom. The normalized spacial score (nSPS) is 15.5. The van der Waals surface area contributed by atoms with Crippen LogP contribution in [0.4, 0.5) is 11.4 Å². The number of nitrogens with one attached hydrogen (secondary N) is 1. The Bertz CT molecular complexity index is 918. The molecule has 0 saturated carbocycles. The Hall–Kier alpha value is -2.82. The number of nitrogens with zero attached hydrogens (tertiary/aromatic N) is 1. The number of amides is 2. The fraction of sp³-hybridized carbons (Fsp3) is 0.417. The van der Waals surface area contributed by atoms with Crippen molar-refractivity contribution in [1.82, 2.24) is 0 Å². The van der Waals surface area contributed by atoms with Crippen LogP contribution < -0.4 is 15.0 Å². The summed E-state index contributed by atoms with van der Waals surface area (Å²) in [5.41, 5.74) is 2.37. The molecule has 5 nitrogen and oxygen atoms in total. The lowest BCUT2D eigenvalue weighted by Crippen LogP contribution is -2.42. The van der Waals surface area contributed by atoms with E-state index in [1.54, 1.807) is 6.07 Å². The van der Waals surface area contributed by atoms with Gasteiger partial charge < -0.3 is 15.0 Å². The Balaban J connectivity index is 1.91. The van der Waals surface area contributed by atoms with Gasteiger partial charge in [-0.25, -0.2) is 0 Å². The number of hydrogen-bond donors (Lipinski definition) is 1. The molecule has 3 rings (SSSR count). The van der Waals surface area contributed by atoms with Crippen LogP contribution in [0.25, 0.3) is 0 Å². The number of ether oxygens (including phenoxy) is 1. The Morgan fingerprint density at radius 1 is 1.21 bits per heavy atom. The van der Waals surface area contributed by atoms with Crippen LogP contribution in [0, 0.1) is 18.3 Å². The van der Waals surface area contributed by atoms with E-state index in [9.17, 15) is 9.59 Å². The van der Waals surface area contributed by atoms with Gasteiger partial charge in [0.2, 0.25) is 5.91 Å². The summed E-state index contributed by atoms with van der Waals surface area (Å²) in [5.74, 6) is 1.01. The summed E-state index contributed by atoms with van der Waals surface area (Å²) in [6.45, 7) is 11.0. The molecule has 0 unspecified atom stereocenters. The molecule has 0 spiro atoms. The van der Waals surface area contributed by atoms with Crippen molar-refractivity contribution in [3.8, 4) is 5.75 Å². The van der Waals surface area contributed by atoms with Crippen LogP contribution in [-0.4, -0.2) is 25.0 Å². The minimum atomic E-state index is -0.610. The number of carbonyl (C=O) groups excluding carboxylic acids is 2. The maximum atomic E-state index is 13.2. The van der Waals surface area contributed by atoms with Gasteiger partial charge in [-0.2, -0.15) is 0 Å². The van der Waals surface area contributed by atoms with Gasteiger partial charge in [0, 0.05) is 17.8 Å². The van der Waals surface area contributed by atoms with Gasteiger partial charge in [-0.15, -0.1) is 0 Å². The fourth-order valence-electron chi connectivity index (χ4n) is 3.32. The van der Waals surface area contributed by atoms with Crippen LogP contribution in [0.2, 0.25) is 0 Å². The summed E-state index contributed by atoms with van der Waals surface area (Å²) in [4.78, 5) is 27.6. The molecule has 29 heavy (non-hydrogen) atoms. The molecule has 5 heteroatoms. The average molecular weight is 395 g/mol. The number of rotatable bonds is 5. The average Bonchev–Trinajstić information content (AvgIpc) is 2.75. The van der Waals surface area contributed by atoms with Crippen molar-refractivity contribution in [2.75, 3.05) is 23.4 Å². The molecule has 0 radical (unpaired) electrons. The predicted octanol–water partition coefficient (Wildman–Crippen LogP) is 5.05. The highest BCUT2D eigenvalue weighted by atomic mass is 16.5. The largest absolute Gasteiger partial charge is 0.490 e. The second kappa shape index (κ2) is 8.27. The van der Waals surface area contributed by atoms with Crippen molar-refractivity contribution in [3.05, 3.63) is 53.6 Å². The zero-order chi connectivity index (χ0) is 21.2. The minimum Gasteiger partial charge on any atom is -0.490 e. The van der Waals surface area contributed by atoms with E-state index in [1.807, 2.05) is 62.1 Å². The van der Waals surface area contributed by atoms with Gasteiger partial charge >= 0.3 is 0 Å². The second-order valence-corrected chi connectivity index (χ2v) is 8.82. The third-order valence-electron chi connectivity index (χ3n) is 5.13. The van der Waals surface area contributed by atoms with Crippen LogP contribution >= 0.6 is 0 Å². The Labute approximate surface area is 173 Å². The second-order valence-electron chi connectivity index (χ2n) is 8.82. The molecule has 2 amide bonds. The van der Waals surface area contributed by atoms with Crippen molar-refractivity contribution < 1.29 is 14.3 Å². The highest BCUT2D eigenvalue weighted by Crippen LogP contribution is 2.38. The van der Waals surface area contributed by atoms with Crippen LogP contribution in [-0.2, 0) is 4.79 Å². The smallest absolute Gasteiger partial charge is 0.255 e. The summed E-state index contributed by atoms with van der Waals surface area (Å²) >= 11 is 0. The van der Waals surface area contributed by atoms with Crippen molar-refractivity contribution in [1.29, 1.82) is 0 Å². The summed E-state index contributed by atoms with van der Waals surface area (Å²) in [6.07, 6.45) is 0.890. The van der Waals surface area contributed by atoms with Crippen molar-refractivity contribution in [2.24, 2.45) is 11.3 Å². The highest BCUT2D eigenvalue weighted by Gasteiger charge is 2.37. The summed E-state index contributed by atoms with van der Waals surface area (Å²) in [7, 11) is 0. The van der Waals surface area contributed by atoms with Crippen LogP contribution in [0.3, 0.4) is 0 Å². The lowest BCUT2D eigenvalue weighted by atomic mass is 9.92. The van der Waals surface area contributed by atoms with E-state index in [4.69, 9.17) is 4.74 Å². The number of hydrogen-bond acceptors (Lipinski definition) is 3. The molecule has 1 aliphatic heterocycles. The quantitative estimate of drug-likeness (QED) is 0.772. The lowest BCUT2D eigenvalue weighted by Gasteiger charge is -2.28. The van der Waals surface area contributed by atoms with E-state index in [2.05, 4.69) is 19.2 Å². The maximum absolute atomic E-state index is 13.2. The van der Waals surface area contributed by atoms with Crippen molar-refractivity contribution >= 4 is 23.2 Å². The summed E-state index contributed by atoms with van der Waals surface area (Å²) < 4.78 is 5.96. The molecule has 2 aromatic carbocycles. The highest BCUT2D eigenvalue weighted by molar-refractivity contribution is 6.05. The van der Waals surface area contributed by atoms with E-state index in [-0.39, 0.29) is 11.8 Å². The summed E-state index contributed by atoms with van der Waals surface area (Å²) in [6, 6.07) is 12.9. The van der Waals surface area contributed by atoms with E-state index in [0.717, 1.165) is 12.0 Å². The van der Waals surface area contributed by atoms with E-state index in [1.165, 1.54) is 0 Å². The molecule has 0 bridgehead atoms. The minimum absolute atomic E-state index is 0.0408. The Morgan fingerprint density at radius 3 is 2.66 bits per heavy atom. The van der Waals surface area contributed by atoms with Crippen LogP contribution in [0.1, 0.15) is 50.0 Å². The molecule has 0 aromatic heterocycles. The van der Waals surface area contributed by atoms with Gasteiger partial charge in [-0.05, 0) is 63.4 Å². The number of benzene rings is 2. The van der Waals surface area contributed by atoms with E-state index in [0.29, 0.717) is 41.8 Å². The number of anilines is 2. The Kier molecular flexibility index (Phi) is 5.96. The third kappa shape index (κ3) is 4.78. The predicted molar refractivity (Wildman–Crippen MR) is 117 cm³/mol. The number of carbonyl (C=O) groups is 2. The topological polar surface area (TPSA) is 58.6 Å². The zero-order valence-electron chi connectivity index (χ0n) is 17.9. The lowest BCUT2D eigenvalue weighted by molar-refractivity contribution is -0.127. The molecule has 2 aromatic rings. The van der Waals surface area contributed by atoms with Gasteiger partial charge in [-0.1, -0.05) is 31.5 Å². The molecule has 1 heterocycles. The fourth-order valence-corrected chi connectivity index (χ4v) is 3.32. The monoisotopic (exact) mass is 394 g/mol. The van der Waals surface area contributed by atoms with E-state index < -0.39 is 5.41 Å². The van der Waals surface area contributed by atoms with Gasteiger partial charge in [0.05, 0.1) is 11.1 Å².